The van der Waals surface area contributed by atoms with Gasteiger partial charge in [0.1, 0.15) is 0 Å². The van der Waals surface area contributed by atoms with Crippen LogP contribution in [0.3, 0.4) is 0 Å². The Morgan fingerprint density at radius 2 is 1.73 bits per heavy atom. The molecule has 1 unspecified atom stereocenters. The summed E-state index contributed by atoms with van der Waals surface area (Å²) in [5.41, 5.74) is 0. The zero-order valence-corrected chi connectivity index (χ0v) is 11.3. The van der Waals surface area contributed by atoms with Crippen molar-refractivity contribution < 1.29 is 0 Å². The predicted octanol–water partition coefficient (Wildman–Crippen LogP) is 1.97. The van der Waals surface area contributed by atoms with Gasteiger partial charge in [-0.1, -0.05) is 13.3 Å². The van der Waals surface area contributed by atoms with E-state index in [0.717, 1.165) is 11.7 Å². The van der Waals surface area contributed by atoms with Crippen LogP contribution in [0.15, 0.2) is 0 Å². The van der Waals surface area contributed by atoms with Gasteiger partial charge < -0.3 is 4.90 Å². The summed E-state index contributed by atoms with van der Waals surface area (Å²) in [6, 6.07) is 0.707. The van der Waals surface area contributed by atoms with E-state index in [0.29, 0.717) is 6.04 Å². The molecule has 0 saturated carbocycles. The molecule has 90 valence electrons. The average molecular weight is 230 g/mol. The number of piperazine rings is 1. The number of hydrogen-bond donors (Lipinski definition) is 1. The van der Waals surface area contributed by atoms with Crippen LogP contribution in [0, 0.1) is 5.92 Å². The molecule has 1 saturated heterocycles. The van der Waals surface area contributed by atoms with Crippen molar-refractivity contribution in [1.82, 2.24) is 9.80 Å². The molecule has 0 aliphatic carbocycles. The first-order valence-electron chi connectivity index (χ1n) is 6.24. The topological polar surface area (TPSA) is 6.48 Å². The number of thiol groups is 1. The maximum Gasteiger partial charge on any atom is 0.0113 e. The fraction of sp³-hybridized carbons (Fsp3) is 1.00. The molecule has 15 heavy (non-hydrogen) atoms. The first-order valence-corrected chi connectivity index (χ1v) is 6.87. The van der Waals surface area contributed by atoms with Crippen LogP contribution in [0.1, 0.15) is 27.2 Å². The highest BCUT2D eigenvalue weighted by Crippen LogP contribution is 2.11. The Labute approximate surface area is 100 Å². The molecule has 1 heterocycles. The molecule has 0 N–H and O–H groups in total. The predicted molar refractivity (Wildman–Crippen MR) is 70.8 cm³/mol. The van der Waals surface area contributed by atoms with Crippen molar-refractivity contribution in [2.24, 2.45) is 5.92 Å². The van der Waals surface area contributed by atoms with Gasteiger partial charge in [0.15, 0.2) is 0 Å². The fourth-order valence-electron chi connectivity index (χ4n) is 2.14. The minimum atomic E-state index is 0.707. The van der Waals surface area contributed by atoms with E-state index in [4.69, 9.17) is 0 Å². The van der Waals surface area contributed by atoms with E-state index >= 15 is 0 Å². The maximum absolute atomic E-state index is 4.41. The van der Waals surface area contributed by atoms with Gasteiger partial charge in [-0.05, 0) is 25.5 Å². The van der Waals surface area contributed by atoms with Crippen molar-refractivity contribution in [2.75, 3.05) is 38.5 Å². The third kappa shape index (κ3) is 4.33. The summed E-state index contributed by atoms with van der Waals surface area (Å²) >= 11 is 4.41. The molecule has 0 aromatic heterocycles. The van der Waals surface area contributed by atoms with E-state index in [1.165, 1.54) is 39.1 Å². The maximum atomic E-state index is 4.41. The van der Waals surface area contributed by atoms with Crippen LogP contribution >= 0.6 is 12.6 Å². The highest BCUT2D eigenvalue weighted by Gasteiger charge is 2.20. The second-order valence-corrected chi connectivity index (χ2v) is 5.25. The zero-order valence-electron chi connectivity index (χ0n) is 10.4. The Hall–Kier alpha value is 0.270. The van der Waals surface area contributed by atoms with Crippen molar-refractivity contribution in [3.8, 4) is 0 Å². The van der Waals surface area contributed by atoms with Gasteiger partial charge in [-0.3, -0.25) is 4.90 Å². The average Bonchev–Trinajstić information content (AvgIpc) is 2.26. The van der Waals surface area contributed by atoms with Crippen LogP contribution in [0.25, 0.3) is 0 Å². The summed E-state index contributed by atoms with van der Waals surface area (Å²) in [7, 11) is 0. The Morgan fingerprint density at radius 3 is 2.13 bits per heavy atom. The molecule has 0 aromatic rings. The van der Waals surface area contributed by atoms with E-state index in [-0.39, 0.29) is 0 Å². The smallest absolute Gasteiger partial charge is 0.0113 e. The number of rotatable bonds is 5. The molecule has 0 aromatic carbocycles. The summed E-state index contributed by atoms with van der Waals surface area (Å²) in [6.07, 6.45) is 1.26. The van der Waals surface area contributed by atoms with Crippen LogP contribution in [0.2, 0.25) is 0 Å². The Balaban J connectivity index is 2.25. The Bertz CT molecular complexity index is 161. The van der Waals surface area contributed by atoms with Gasteiger partial charge in [-0.15, -0.1) is 0 Å². The van der Waals surface area contributed by atoms with E-state index < -0.39 is 0 Å². The van der Waals surface area contributed by atoms with Gasteiger partial charge in [-0.25, -0.2) is 0 Å². The molecule has 0 amide bonds. The number of hydrogen-bond acceptors (Lipinski definition) is 3. The lowest BCUT2D eigenvalue weighted by molar-refractivity contribution is 0.0987. The molecule has 0 radical (unpaired) electrons. The SMILES string of the molecule is CCC(CS)CN1CCN(C(C)C)CC1. The van der Waals surface area contributed by atoms with Crippen molar-refractivity contribution >= 4 is 12.6 Å². The second kappa shape index (κ2) is 6.77. The van der Waals surface area contributed by atoms with Crippen molar-refractivity contribution in [3.63, 3.8) is 0 Å². The minimum Gasteiger partial charge on any atom is -0.300 e. The van der Waals surface area contributed by atoms with E-state index in [1.807, 2.05) is 0 Å². The molecule has 1 atom stereocenters. The van der Waals surface area contributed by atoms with Crippen molar-refractivity contribution in [3.05, 3.63) is 0 Å². The monoisotopic (exact) mass is 230 g/mol. The molecular weight excluding hydrogens is 204 g/mol. The molecule has 0 spiro atoms. The van der Waals surface area contributed by atoms with Gasteiger partial charge in [0.25, 0.3) is 0 Å². The number of nitrogens with zero attached hydrogens (tertiary/aromatic N) is 2. The van der Waals surface area contributed by atoms with Crippen molar-refractivity contribution in [2.45, 2.75) is 33.2 Å². The van der Waals surface area contributed by atoms with Gasteiger partial charge in [0.2, 0.25) is 0 Å². The van der Waals surface area contributed by atoms with Crippen LogP contribution in [0.5, 0.6) is 0 Å². The highest BCUT2D eigenvalue weighted by atomic mass is 32.1. The van der Waals surface area contributed by atoms with E-state index in [2.05, 4.69) is 43.2 Å². The molecule has 1 fully saturated rings. The van der Waals surface area contributed by atoms with Gasteiger partial charge >= 0.3 is 0 Å². The van der Waals surface area contributed by atoms with Gasteiger partial charge in [0, 0.05) is 38.8 Å². The van der Waals surface area contributed by atoms with Crippen LogP contribution in [0.4, 0.5) is 0 Å². The molecule has 3 heteroatoms. The van der Waals surface area contributed by atoms with Crippen LogP contribution < -0.4 is 0 Å². The molecule has 1 aliphatic rings. The fourth-order valence-corrected chi connectivity index (χ4v) is 2.52. The lowest BCUT2D eigenvalue weighted by Gasteiger charge is -2.38. The third-order valence-electron chi connectivity index (χ3n) is 3.49. The van der Waals surface area contributed by atoms with E-state index in [1.54, 1.807) is 0 Å². The lowest BCUT2D eigenvalue weighted by Crippen LogP contribution is -2.49. The molecule has 0 bridgehead atoms. The summed E-state index contributed by atoms with van der Waals surface area (Å²) in [5, 5.41) is 0. The highest BCUT2D eigenvalue weighted by molar-refractivity contribution is 7.80. The van der Waals surface area contributed by atoms with Gasteiger partial charge in [0.05, 0.1) is 0 Å². The summed E-state index contributed by atoms with van der Waals surface area (Å²) in [4.78, 5) is 5.17. The quantitative estimate of drug-likeness (QED) is 0.722. The molecule has 1 aliphatic heterocycles. The largest absolute Gasteiger partial charge is 0.300 e. The third-order valence-corrected chi connectivity index (χ3v) is 4.01. The van der Waals surface area contributed by atoms with Crippen LogP contribution in [-0.2, 0) is 0 Å². The summed E-state index contributed by atoms with van der Waals surface area (Å²) < 4.78 is 0. The van der Waals surface area contributed by atoms with Crippen LogP contribution in [-0.4, -0.2) is 54.3 Å². The first kappa shape index (κ1) is 13.3. The normalized spacial score (nSPS) is 22.2. The Kier molecular flexibility index (Phi) is 6.02. The minimum absolute atomic E-state index is 0.707. The first-order chi connectivity index (χ1) is 7.17. The lowest BCUT2D eigenvalue weighted by atomic mass is 10.1. The van der Waals surface area contributed by atoms with Crippen molar-refractivity contribution in [1.29, 1.82) is 0 Å². The second-order valence-electron chi connectivity index (χ2n) is 4.89. The Morgan fingerprint density at radius 1 is 1.13 bits per heavy atom. The molecule has 1 rings (SSSR count). The van der Waals surface area contributed by atoms with E-state index in [9.17, 15) is 0 Å². The summed E-state index contributed by atoms with van der Waals surface area (Å²) in [6.45, 7) is 13.0. The zero-order chi connectivity index (χ0) is 11.3. The molecular formula is C12H26N2S. The summed E-state index contributed by atoms with van der Waals surface area (Å²) in [5.74, 6) is 1.81. The molecule has 2 nitrogen and oxygen atoms in total. The standard InChI is InChI=1S/C12H26N2S/c1-4-12(10-15)9-13-5-7-14(8-6-13)11(2)3/h11-12,15H,4-10H2,1-3H3. The van der Waals surface area contributed by atoms with Gasteiger partial charge in [-0.2, -0.15) is 12.6 Å².